The highest BCUT2D eigenvalue weighted by Crippen LogP contribution is 2.28. The Bertz CT molecular complexity index is 722. The van der Waals surface area contributed by atoms with Gasteiger partial charge >= 0.3 is 0 Å². The molecule has 0 saturated heterocycles. The average molecular weight is 315 g/mol. The molecule has 0 aliphatic heterocycles. The predicted octanol–water partition coefficient (Wildman–Crippen LogP) is 3.54. The first-order chi connectivity index (χ1) is 9.40. The lowest BCUT2D eigenvalue weighted by atomic mass is 10.2. The summed E-state index contributed by atoms with van der Waals surface area (Å²) in [6.07, 6.45) is 3.25. The Morgan fingerprint density at radius 2 is 2.10 bits per heavy atom. The van der Waals surface area contributed by atoms with E-state index < -0.39 is 9.84 Å². The molecule has 0 aliphatic carbocycles. The Balaban J connectivity index is 2.76. The van der Waals surface area contributed by atoms with Gasteiger partial charge in [0.2, 0.25) is 0 Å². The first-order valence-electron chi connectivity index (χ1n) is 6.66. The fraction of sp³-hybridized carbons (Fsp3) is 0.500. The largest absolute Gasteiger partial charge is 0.324 e. The molecule has 0 amide bonds. The highest BCUT2D eigenvalue weighted by molar-refractivity contribution is 7.91. The molecule has 0 N–H and O–H groups in total. The van der Waals surface area contributed by atoms with E-state index in [9.17, 15) is 8.42 Å². The van der Waals surface area contributed by atoms with Crippen molar-refractivity contribution < 1.29 is 8.42 Å². The Morgan fingerprint density at radius 1 is 1.40 bits per heavy atom. The standard InChI is InChI=1S/C14H19ClN2O2S/c1-4-6-10(2)17-11-7-5-8-12(20(3,18)19)14(11)16-13(17)9-15/h5,7-8,10H,4,6,9H2,1-3H3. The van der Waals surface area contributed by atoms with Crippen molar-refractivity contribution in [2.75, 3.05) is 6.26 Å². The lowest BCUT2D eigenvalue weighted by Gasteiger charge is -2.16. The minimum atomic E-state index is -3.30. The van der Waals surface area contributed by atoms with Gasteiger partial charge in [-0.15, -0.1) is 11.6 Å². The summed E-state index contributed by atoms with van der Waals surface area (Å²) in [5.41, 5.74) is 1.36. The molecule has 20 heavy (non-hydrogen) atoms. The van der Waals surface area contributed by atoms with Crippen LogP contribution in [0, 0.1) is 0 Å². The van der Waals surface area contributed by atoms with Crippen molar-refractivity contribution in [3.05, 3.63) is 24.0 Å². The van der Waals surface area contributed by atoms with Gasteiger partial charge in [0.15, 0.2) is 9.84 Å². The molecule has 1 aromatic carbocycles. The van der Waals surface area contributed by atoms with Gasteiger partial charge in [0, 0.05) is 12.3 Å². The van der Waals surface area contributed by atoms with E-state index >= 15 is 0 Å². The molecule has 0 radical (unpaired) electrons. The van der Waals surface area contributed by atoms with Crippen LogP contribution in [-0.2, 0) is 15.7 Å². The molecule has 4 nitrogen and oxygen atoms in total. The van der Waals surface area contributed by atoms with Crippen LogP contribution in [0.25, 0.3) is 11.0 Å². The molecule has 0 fully saturated rings. The van der Waals surface area contributed by atoms with Crippen LogP contribution >= 0.6 is 11.6 Å². The lowest BCUT2D eigenvalue weighted by Crippen LogP contribution is -2.08. The predicted molar refractivity (Wildman–Crippen MR) is 82.0 cm³/mol. The van der Waals surface area contributed by atoms with Gasteiger partial charge in [-0.25, -0.2) is 13.4 Å². The number of rotatable bonds is 5. The Kier molecular flexibility index (Phi) is 4.39. The SMILES string of the molecule is CCCC(C)n1c(CCl)nc2c(S(C)(=O)=O)cccc21. The number of nitrogens with zero attached hydrogens (tertiary/aromatic N) is 2. The van der Waals surface area contributed by atoms with Crippen LogP contribution in [0.1, 0.15) is 38.6 Å². The molecule has 0 aliphatic rings. The van der Waals surface area contributed by atoms with E-state index in [1.54, 1.807) is 12.1 Å². The number of sulfone groups is 1. The van der Waals surface area contributed by atoms with E-state index in [0.717, 1.165) is 24.2 Å². The van der Waals surface area contributed by atoms with Crippen molar-refractivity contribution >= 4 is 32.5 Å². The van der Waals surface area contributed by atoms with E-state index in [1.807, 2.05) is 6.07 Å². The number of halogens is 1. The molecule has 1 aromatic heterocycles. The maximum Gasteiger partial charge on any atom is 0.177 e. The summed E-state index contributed by atoms with van der Waals surface area (Å²) in [6, 6.07) is 5.50. The quantitative estimate of drug-likeness (QED) is 0.793. The number of para-hydroxylation sites is 1. The van der Waals surface area contributed by atoms with E-state index in [2.05, 4.69) is 23.4 Å². The monoisotopic (exact) mass is 314 g/mol. The van der Waals surface area contributed by atoms with Crippen LogP contribution in [-0.4, -0.2) is 24.2 Å². The fourth-order valence-electron chi connectivity index (χ4n) is 2.57. The number of hydrogen-bond acceptors (Lipinski definition) is 3. The van der Waals surface area contributed by atoms with Crippen LogP contribution < -0.4 is 0 Å². The molecule has 0 saturated carbocycles. The van der Waals surface area contributed by atoms with Crippen molar-refractivity contribution in [2.45, 2.75) is 43.5 Å². The molecule has 6 heteroatoms. The number of hydrogen-bond donors (Lipinski definition) is 0. The lowest BCUT2D eigenvalue weighted by molar-refractivity contribution is 0.500. The van der Waals surface area contributed by atoms with Crippen LogP contribution in [0.15, 0.2) is 23.1 Å². The maximum atomic E-state index is 11.9. The van der Waals surface area contributed by atoms with Gasteiger partial charge in [0.1, 0.15) is 11.3 Å². The summed E-state index contributed by atoms with van der Waals surface area (Å²) in [6.45, 7) is 4.23. The highest BCUT2D eigenvalue weighted by Gasteiger charge is 2.20. The number of aromatic nitrogens is 2. The molecular weight excluding hydrogens is 296 g/mol. The third-order valence-electron chi connectivity index (χ3n) is 3.42. The zero-order valence-electron chi connectivity index (χ0n) is 11.9. The first kappa shape index (κ1) is 15.3. The second kappa shape index (κ2) is 5.74. The second-order valence-corrected chi connectivity index (χ2v) is 7.32. The van der Waals surface area contributed by atoms with Crippen molar-refractivity contribution in [3.63, 3.8) is 0 Å². The van der Waals surface area contributed by atoms with E-state index in [-0.39, 0.29) is 16.8 Å². The third-order valence-corrected chi connectivity index (χ3v) is 4.79. The Labute approximate surface area is 124 Å². The normalized spacial score (nSPS) is 13.8. The van der Waals surface area contributed by atoms with Crippen LogP contribution in [0.5, 0.6) is 0 Å². The van der Waals surface area contributed by atoms with E-state index in [0.29, 0.717) is 5.52 Å². The molecular formula is C14H19ClN2O2S. The molecule has 2 aromatic rings. The van der Waals surface area contributed by atoms with Crippen molar-refractivity contribution in [1.82, 2.24) is 9.55 Å². The molecule has 0 bridgehead atoms. The second-order valence-electron chi connectivity index (χ2n) is 5.07. The Morgan fingerprint density at radius 3 is 2.65 bits per heavy atom. The summed E-state index contributed by atoms with van der Waals surface area (Å²) in [5, 5.41) is 0. The zero-order chi connectivity index (χ0) is 14.9. The number of fused-ring (bicyclic) bond motifs is 1. The summed E-state index contributed by atoms with van der Waals surface area (Å²) in [7, 11) is -3.30. The molecule has 1 unspecified atom stereocenters. The van der Waals surface area contributed by atoms with Crippen LogP contribution in [0.3, 0.4) is 0 Å². The minimum absolute atomic E-state index is 0.244. The van der Waals surface area contributed by atoms with Gasteiger partial charge in [-0.3, -0.25) is 0 Å². The fourth-order valence-corrected chi connectivity index (χ4v) is 3.59. The first-order valence-corrected chi connectivity index (χ1v) is 9.08. The highest BCUT2D eigenvalue weighted by atomic mass is 35.5. The number of benzene rings is 1. The van der Waals surface area contributed by atoms with Gasteiger partial charge in [-0.1, -0.05) is 19.4 Å². The van der Waals surface area contributed by atoms with E-state index in [4.69, 9.17) is 11.6 Å². The summed E-state index contributed by atoms with van der Waals surface area (Å²) in [5.74, 6) is 0.991. The molecule has 0 spiro atoms. The third kappa shape index (κ3) is 2.69. The van der Waals surface area contributed by atoms with Crippen molar-refractivity contribution in [3.8, 4) is 0 Å². The maximum absolute atomic E-state index is 11.9. The molecule has 2 rings (SSSR count). The Hall–Kier alpha value is -1.07. The average Bonchev–Trinajstić information content (AvgIpc) is 2.75. The van der Waals surface area contributed by atoms with Crippen LogP contribution in [0.2, 0.25) is 0 Å². The van der Waals surface area contributed by atoms with Gasteiger partial charge < -0.3 is 4.57 Å². The number of alkyl halides is 1. The van der Waals surface area contributed by atoms with Crippen LogP contribution in [0.4, 0.5) is 0 Å². The van der Waals surface area contributed by atoms with Crippen molar-refractivity contribution in [1.29, 1.82) is 0 Å². The van der Waals surface area contributed by atoms with E-state index in [1.165, 1.54) is 6.26 Å². The topological polar surface area (TPSA) is 52.0 Å². The minimum Gasteiger partial charge on any atom is -0.324 e. The summed E-state index contributed by atoms with van der Waals surface area (Å²) in [4.78, 5) is 4.72. The van der Waals surface area contributed by atoms with Gasteiger partial charge in [-0.05, 0) is 25.5 Å². The molecule has 1 atom stereocenters. The summed E-state index contributed by atoms with van der Waals surface area (Å²) >= 11 is 5.98. The van der Waals surface area contributed by atoms with Gasteiger partial charge in [0.25, 0.3) is 0 Å². The smallest absolute Gasteiger partial charge is 0.177 e. The van der Waals surface area contributed by atoms with Crippen molar-refractivity contribution in [2.24, 2.45) is 0 Å². The number of imidazole rings is 1. The summed E-state index contributed by atoms with van der Waals surface area (Å²) < 4.78 is 25.8. The molecule has 110 valence electrons. The van der Waals surface area contributed by atoms with Gasteiger partial charge in [0.05, 0.1) is 16.3 Å². The zero-order valence-corrected chi connectivity index (χ0v) is 13.5. The molecule has 1 heterocycles. The van der Waals surface area contributed by atoms with Gasteiger partial charge in [-0.2, -0.15) is 0 Å².